The quantitative estimate of drug-likeness (QED) is 0.714. The molecule has 6 heteroatoms. The van der Waals surface area contributed by atoms with Crippen molar-refractivity contribution in [3.63, 3.8) is 0 Å². The number of aryl methyl sites for hydroxylation is 1. The molecule has 2 aromatic carbocycles. The third-order valence-corrected chi connectivity index (χ3v) is 4.12. The molecule has 2 N–H and O–H groups in total. The molecule has 0 aromatic heterocycles. The molecule has 1 amide bonds. The van der Waals surface area contributed by atoms with Gasteiger partial charge in [-0.3, -0.25) is 10.1 Å². The molecule has 0 heterocycles. The number of rotatable bonds is 7. The fraction of sp³-hybridized carbons (Fsp3) is 0.300. The Morgan fingerprint density at radius 3 is 2.19 bits per heavy atom. The van der Waals surface area contributed by atoms with E-state index in [0.717, 1.165) is 12.1 Å². The van der Waals surface area contributed by atoms with E-state index < -0.39 is 5.91 Å². The molecule has 0 aliphatic heterocycles. The fourth-order valence-electron chi connectivity index (χ4n) is 2.54. The Bertz CT molecular complexity index is 738. The zero-order valence-corrected chi connectivity index (χ0v) is 16.1. The number of amides is 1. The first-order valence-electron chi connectivity index (χ1n) is 8.51. The third kappa shape index (κ3) is 5.20. The number of methoxy groups -OCH3 is 2. The molecule has 2 rings (SSSR count). The Balaban J connectivity index is 2.03. The molecule has 0 bridgehead atoms. The zero-order valence-electron chi connectivity index (χ0n) is 15.3. The molecule has 0 saturated carbocycles. The second-order valence-electron chi connectivity index (χ2n) is 5.75. The maximum absolute atomic E-state index is 12.6. The van der Waals surface area contributed by atoms with E-state index in [0.29, 0.717) is 17.1 Å². The summed E-state index contributed by atoms with van der Waals surface area (Å²) in [6, 6.07) is 13.2. The first-order valence-corrected chi connectivity index (χ1v) is 8.92. The van der Waals surface area contributed by atoms with E-state index in [1.54, 1.807) is 18.2 Å². The van der Waals surface area contributed by atoms with Crippen molar-refractivity contribution >= 4 is 28.9 Å². The molecule has 0 aliphatic rings. The van der Waals surface area contributed by atoms with Gasteiger partial charge in [0.15, 0.2) is 5.11 Å². The van der Waals surface area contributed by atoms with E-state index in [1.807, 2.05) is 12.1 Å². The molecule has 0 radical (unpaired) electrons. The van der Waals surface area contributed by atoms with E-state index in [2.05, 4.69) is 29.7 Å². The first kappa shape index (κ1) is 19.7. The van der Waals surface area contributed by atoms with Crippen molar-refractivity contribution in [1.29, 1.82) is 0 Å². The Labute approximate surface area is 159 Å². The van der Waals surface area contributed by atoms with Crippen LogP contribution in [-0.2, 0) is 6.42 Å². The summed E-state index contributed by atoms with van der Waals surface area (Å²) in [4.78, 5) is 12.6. The highest BCUT2D eigenvalue weighted by atomic mass is 32.1. The van der Waals surface area contributed by atoms with Crippen LogP contribution in [0.2, 0.25) is 0 Å². The number of carbonyl (C=O) groups is 1. The maximum Gasteiger partial charge on any atom is 0.264 e. The van der Waals surface area contributed by atoms with Crippen LogP contribution in [0.3, 0.4) is 0 Å². The average molecular weight is 372 g/mol. The number of ether oxygens (including phenoxy) is 2. The second-order valence-corrected chi connectivity index (χ2v) is 6.15. The molecule has 0 atom stereocenters. The van der Waals surface area contributed by atoms with Gasteiger partial charge in [-0.15, -0.1) is 0 Å². The number of unbranched alkanes of at least 4 members (excludes halogenated alkanes) is 1. The highest BCUT2D eigenvalue weighted by Gasteiger charge is 2.19. The van der Waals surface area contributed by atoms with Gasteiger partial charge in [0.05, 0.1) is 14.2 Å². The third-order valence-electron chi connectivity index (χ3n) is 3.91. The number of hydrogen-bond acceptors (Lipinski definition) is 4. The van der Waals surface area contributed by atoms with Crippen molar-refractivity contribution < 1.29 is 14.3 Å². The van der Waals surface area contributed by atoms with Gasteiger partial charge in [-0.05, 0) is 54.9 Å². The van der Waals surface area contributed by atoms with Crippen LogP contribution in [0.15, 0.2) is 42.5 Å². The lowest BCUT2D eigenvalue weighted by atomic mass is 10.1. The largest absolute Gasteiger partial charge is 0.496 e. The summed E-state index contributed by atoms with van der Waals surface area (Å²) in [6.07, 6.45) is 3.40. The molecular formula is C20H24N2O3S. The molecule has 0 aliphatic carbocycles. The van der Waals surface area contributed by atoms with Crippen LogP contribution in [0, 0.1) is 0 Å². The lowest BCUT2D eigenvalue weighted by Gasteiger charge is -2.14. The lowest BCUT2D eigenvalue weighted by Crippen LogP contribution is -2.34. The Hall–Kier alpha value is -2.60. The second kappa shape index (κ2) is 9.77. The van der Waals surface area contributed by atoms with Crippen LogP contribution in [0.1, 0.15) is 35.7 Å². The normalized spacial score (nSPS) is 10.1. The van der Waals surface area contributed by atoms with Gasteiger partial charge in [-0.2, -0.15) is 0 Å². The summed E-state index contributed by atoms with van der Waals surface area (Å²) in [6.45, 7) is 2.17. The zero-order chi connectivity index (χ0) is 18.9. The highest BCUT2D eigenvalue weighted by Crippen LogP contribution is 2.28. The Kier molecular flexibility index (Phi) is 7.41. The number of nitrogens with one attached hydrogen (secondary N) is 2. The highest BCUT2D eigenvalue weighted by molar-refractivity contribution is 7.80. The number of thiocarbonyl (C=S) groups is 1. The van der Waals surface area contributed by atoms with Crippen LogP contribution < -0.4 is 20.1 Å². The van der Waals surface area contributed by atoms with E-state index in [9.17, 15) is 4.79 Å². The molecule has 138 valence electrons. The molecular weight excluding hydrogens is 348 g/mol. The molecule has 26 heavy (non-hydrogen) atoms. The lowest BCUT2D eigenvalue weighted by molar-refractivity contribution is 0.0971. The predicted octanol–water partition coefficient (Wildman–Crippen LogP) is 4.17. The molecule has 0 fully saturated rings. The average Bonchev–Trinajstić information content (AvgIpc) is 2.66. The van der Waals surface area contributed by atoms with Gasteiger partial charge in [-0.25, -0.2) is 0 Å². The van der Waals surface area contributed by atoms with Crippen molar-refractivity contribution in [2.45, 2.75) is 26.2 Å². The van der Waals surface area contributed by atoms with Gasteiger partial charge < -0.3 is 14.8 Å². The standard InChI is InChI=1S/C20H24N2O3S/c1-4-5-7-14-10-12-15(13-11-14)21-20(26)22-19(23)18-16(24-2)8-6-9-17(18)25-3/h6,8-13H,4-5,7H2,1-3H3,(H2,21,22,23,26). The van der Waals surface area contributed by atoms with Gasteiger partial charge in [-0.1, -0.05) is 31.5 Å². The van der Waals surface area contributed by atoms with Gasteiger partial charge in [0, 0.05) is 5.69 Å². The Morgan fingerprint density at radius 1 is 1.04 bits per heavy atom. The Morgan fingerprint density at radius 2 is 1.65 bits per heavy atom. The summed E-state index contributed by atoms with van der Waals surface area (Å²) in [5.74, 6) is 0.450. The van der Waals surface area contributed by atoms with Crippen LogP contribution in [0.4, 0.5) is 5.69 Å². The predicted molar refractivity (Wildman–Crippen MR) is 108 cm³/mol. The minimum Gasteiger partial charge on any atom is -0.496 e. The fourth-order valence-corrected chi connectivity index (χ4v) is 2.75. The summed E-state index contributed by atoms with van der Waals surface area (Å²) in [5.41, 5.74) is 2.41. The summed E-state index contributed by atoms with van der Waals surface area (Å²) in [7, 11) is 3.00. The van der Waals surface area contributed by atoms with Crippen molar-refractivity contribution in [2.75, 3.05) is 19.5 Å². The van der Waals surface area contributed by atoms with Gasteiger partial charge in [0.1, 0.15) is 17.1 Å². The van der Waals surface area contributed by atoms with E-state index >= 15 is 0 Å². The van der Waals surface area contributed by atoms with Crippen molar-refractivity contribution in [3.05, 3.63) is 53.6 Å². The molecule has 2 aromatic rings. The van der Waals surface area contributed by atoms with Crippen LogP contribution in [0.25, 0.3) is 0 Å². The van der Waals surface area contributed by atoms with Gasteiger partial charge in [0.2, 0.25) is 0 Å². The monoisotopic (exact) mass is 372 g/mol. The van der Waals surface area contributed by atoms with E-state index in [1.165, 1.54) is 32.6 Å². The van der Waals surface area contributed by atoms with Crippen LogP contribution >= 0.6 is 12.2 Å². The molecule has 0 unspecified atom stereocenters. The van der Waals surface area contributed by atoms with Crippen molar-refractivity contribution in [2.24, 2.45) is 0 Å². The SMILES string of the molecule is CCCCc1ccc(NC(=S)NC(=O)c2c(OC)cccc2OC)cc1. The number of anilines is 1. The molecule has 0 spiro atoms. The first-order chi connectivity index (χ1) is 12.6. The van der Waals surface area contributed by atoms with Gasteiger partial charge in [0.25, 0.3) is 5.91 Å². The van der Waals surface area contributed by atoms with Gasteiger partial charge >= 0.3 is 0 Å². The van der Waals surface area contributed by atoms with E-state index in [-0.39, 0.29) is 5.11 Å². The maximum atomic E-state index is 12.6. The smallest absolute Gasteiger partial charge is 0.264 e. The summed E-state index contributed by atoms with van der Waals surface area (Å²) in [5, 5.41) is 5.90. The number of hydrogen-bond donors (Lipinski definition) is 2. The van der Waals surface area contributed by atoms with E-state index in [4.69, 9.17) is 21.7 Å². The van der Waals surface area contributed by atoms with Crippen molar-refractivity contribution in [3.8, 4) is 11.5 Å². The number of carbonyl (C=O) groups excluding carboxylic acids is 1. The summed E-state index contributed by atoms with van der Waals surface area (Å²) >= 11 is 5.25. The summed E-state index contributed by atoms with van der Waals surface area (Å²) < 4.78 is 10.5. The minimum absolute atomic E-state index is 0.212. The topological polar surface area (TPSA) is 59.6 Å². The minimum atomic E-state index is -0.392. The van der Waals surface area contributed by atoms with Crippen LogP contribution in [-0.4, -0.2) is 25.2 Å². The molecule has 0 saturated heterocycles. The van der Waals surface area contributed by atoms with Crippen molar-refractivity contribution in [1.82, 2.24) is 5.32 Å². The number of benzene rings is 2. The van der Waals surface area contributed by atoms with Crippen LogP contribution in [0.5, 0.6) is 11.5 Å². The molecule has 5 nitrogen and oxygen atoms in total.